The van der Waals surface area contributed by atoms with Crippen molar-refractivity contribution in [3.8, 4) is 0 Å². The monoisotopic (exact) mass is 578 g/mol. The Bertz CT molecular complexity index is 1430. The van der Waals surface area contributed by atoms with Crippen LogP contribution in [-0.2, 0) is 17.8 Å². The summed E-state index contributed by atoms with van der Waals surface area (Å²) in [5.74, 6) is -1.75. The fraction of sp³-hybridized carbons (Fsp3) is 0.258. The summed E-state index contributed by atoms with van der Waals surface area (Å²) in [5, 5.41) is 15.9. The van der Waals surface area contributed by atoms with Gasteiger partial charge in [-0.3, -0.25) is 4.79 Å². The maximum absolute atomic E-state index is 13.8. The molecule has 0 aliphatic rings. The van der Waals surface area contributed by atoms with Crippen LogP contribution in [0.4, 0.5) is 8.78 Å². The molecule has 41 heavy (non-hydrogen) atoms. The standard InChI is InChI=1S/C31H32F2N4O3S/c1-41-17-12-28(31(39)40)36-30(38)27-19-24(5-4-23(27)18-21-2-8-25(32)9-3-21)29(22-6-10-26(33)11-7-22)35-14-16-37-15-13-34-20-37/h2-11,13,15,19-20,28-29,35H,12,14,16-18H2,1H3,(H,36,38)(H,39,40)/t28-,29?/m0/s1. The molecule has 0 radical (unpaired) electrons. The first-order valence-electron chi connectivity index (χ1n) is 13.2. The molecule has 0 saturated carbocycles. The summed E-state index contributed by atoms with van der Waals surface area (Å²) in [6.45, 7) is 1.20. The summed E-state index contributed by atoms with van der Waals surface area (Å²) in [6, 6.07) is 16.3. The molecular weight excluding hydrogens is 546 g/mol. The molecule has 1 unspecified atom stereocenters. The second-order valence-electron chi connectivity index (χ2n) is 9.60. The van der Waals surface area contributed by atoms with E-state index in [1.54, 1.807) is 42.9 Å². The van der Waals surface area contributed by atoms with Gasteiger partial charge in [0, 0.05) is 31.0 Å². The van der Waals surface area contributed by atoms with Gasteiger partial charge in [0.25, 0.3) is 5.91 Å². The lowest BCUT2D eigenvalue weighted by Gasteiger charge is -2.22. The number of aliphatic carboxylic acids is 1. The molecule has 4 rings (SSSR count). The fourth-order valence-corrected chi connectivity index (χ4v) is 5.00. The van der Waals surface area contributed by atoms with E-state index in [-0.39, 0.29) is 24.1 Å². The number of thioether (sulfide) groups is 1. The highest BCUT2D eigenvalue weighted by Crippen LogP contribution is 2.26. The second-order valence-corrected chi connectivity index (χ2v) is 10.6. The molecule has 4 aromatic rings. The molecule has 2 atom stereocenters. The summed E-state index contributed by atoms with van der Waals surface area (Å²) in [6.07, 6.45) is 7.78. The molecule has 1 amide bonds. The number of rotatable bonds is 14. The Hall–Kier alpha value is -4.02. The highest BCUT2D eigenvalue weighted by molar-refractivity contribution is 7.98. The Balaban J connectivity index is 1.69. The predicted molar refractivity (Wildman–Crippen MR) is 156 cm³/mol. The highest BCUT2D eigenvalue weighted by Gasteiger charge is 2.24. The zero-order chi connectivity index (χ0) is 29.2. The summed E-state index contributed by atoms with van der Waals surface area (Å²) in [4.78, 5) is 29.5. The number of carbonyl (C=O) groups is 2. The van der Waals surface area contributed by atoms with Crippen LogP contribution < -0.4 is 10.6 Å². The van der Waals surface area contributed by atoms with Crippen LogP contribution in [0, 0.1) is 11.6 Å². The summed E-state index contributed by atoms with van der Waals surface area (Å²) < 4.78 is 29.2. The first kappa shape index (κ1) is 30.0. The normalized spacial score (nSPS) is 12.6. The highest BCUT2D eigenvalue weighted by atomic mass is 32.2. The van der Waals surface area contributed by atoms with Gasteiger partial charge in [-0.1, -0.05) is 36.4 Å². The van der Waals surface area contributed by atoms with Gasteiger partial charge in [0.2, 0.25) is 0 Å². The van der Waals surface area contributed by atoms with Crippen molar-refractivity contribution in [1.29, 1.82) is 0 Å². The number of hydrogen-bond acceptors (Lipinski definition) is 5. The van der Waals surface area contributed by atoms with Crippen LogP contribution in [0.2, 0.25) is 0 Å². The number of imidazole rings is 1. The smallest absolute Gasteiger partial charge is 0.326 e. The largest absolute Gasteiger partial charge is 0.480 e. The molecule has 0 spiro atoms. The molecule has 1 aromatic heterocycles. The molecule has 0 fully saturated rings. The van der Waals surface area contributed by atoms with Crippen molar-refractivity contribution >= 4 is 23.6 Å². The van der Waals surface area contributed by atoms with Crippen LogP contribution in [-0.4, -0.2) is 51.1 Å². The van der Waals surface area contributed by atoms with Gasteiger partial charge < -0.3 is 20.3 Å². The minimum Gasteiger partial charge on any atom is -0.480 e. The molecule has 7 nitrogen and oxygen atoms in total. The number of carboxylic acid groups (broad SMARTS) is 1. The van der Waals surface area contributed by atoms with Crippen LogP contribution in [0.3, 0.4) is 0 Å². The van der Waals surface area contributed by atoms with E-state index < -0.39 is 17.9 Å². The lowest BCUT2D eigenvalue weighted by Crippen LogP contribution is -2.41. The Morgan fingerprint density at radius 1 is 1.00 bits per heavy atom. The number of amides is 1. The van der Waals surface area contributed by atoms with Crippen molar-refractivity contribution < 1.29 is 23.5 Å². The van der Waals surface area contributed by atoms with Gasteiger partial charge in [-0.2, -0.15) is 11.8 Å². The van der Waals surface area contributed by atoms with Crippen LogP contribution in [0.5, 0.6) is 0 Å². The van der Waals surface area contributed by atoms with E-state index in [0.29, 0.717) is 36.4 Å². The Kier molecular flexibility index (Phi) is 10.6. The van der Waals surface area contributed by atoms with Gasteiger partial charge in [-0.15, -0.1) is 0 Å². The zero-order valence-electron chi connectivity index (χ0n) is 22.6. The van der Waals surface area contributed by atoms with E-state index in [0.717, 1.165) is 16.7 Å². The average Bonchev–Trinajstić information content (AvgIpc) is 3.49. The second kappa shape index (κ2) is 14.6. The lowest BCUT2D eigenvalue weighted by molar-refractivity contribution is -0.139. The van der Waals surface area contributed by atoms with Crippen LogP contribution in [0.25, 0.3) is 0 Å². The molecule has 0 aliphatic heterocycles. The summed E-state index contributed by atoms with van der Waals surface area (Å²) in [7, 11) is 0. The predicted octanol–water partition coefficient (Wildman–Crippen LogP) is 5.07. The van der Waals surface area contributed by atoms with E-state index in [1.165, 1.54) is 36.0 Å². The van der Waals surface area contributed by atoms with Gasteiger partial charge in [-0.25, -0.2) is 18.6 Å². The van der Waals surface area contributed by atoms with E-state index >= 15 is 0 Å². The third-order valence-electron chi connectivity index (χ3n) is 6.71. The quantitative estimate of drug-likeness (QED) is 0.194. The third-order valence-corrected chi connectivity index (χ3v) is 7.36. The molecule has 3 N–H and O–H groups in total. The molecule has 0 saturated heterocycles. The maximum Gasteiger partial charge on any atom is 0.326 e. The minimum absolute atomic E-state index is 0.281. The van der Waals surface area contributed by atoms with E-state index in [1.807, 2.05) is 29.2 Å². The van der Waals surface area contributed by atoms with Gasteiger partial charge in [-0.05, 0) is 77.4 Å². The number of nitrogens with one attached hydrogen (secondary N) is 2. The Labute approximate surface area is 242 Å². The van der Waals surface area contributed by atoms with Crippen molar-refractivity contribution in [2.75, 3.05) is 18.6 Å². The van der Waals surface area contributed by atoms with E-state index in [9.17, 15) is 23.5 Å². The first-order valence-corrected chi connectivity index (χ1v) is 14.6. The number of hydrogen-bond donors (Lipinski definition) is 3. The van der Waals surface area contributed by atoms with Crippen molar-refractivity contribution in [1.82, 2.24) is 20.2 Å². The summed E-state index contributed by atoms with van der Waals surface area (Å²) >= 11 is 1.50. The van der Waals surface area contributed by atoms with Crippen molar-refractivity contribution in [2.24, 2.45) is 0 Å². The van der Waals surface area contributed by atoms with Gasteiger partial charge >= 0.3 is 5.97 Å². The molecule has 10 heteroatoms. The maximum atomic E-state index is 13.8. The Morgan fingerprint density at radius 3 is 2.32 bits per heavy atom. The number of aromatic nitrogens is 2. The molecule has 0 aliphatic carbocycles. The third kappa shape index (κ3) is 8.48. The van der Waals surface area contributed by atoms with Crippen LogP contribution >= 0.6 is 11.8 Å². The lowest BCUT2D eigenvalue weighted by atomic mass is 9.92. The van der Waals surface area contributed by atoms with Gasteiger partial charge in [0.15, 0.2) is 0 Å². The number of nitrogens with zero attached hydrogens (tertiary/aromatic N) is 2. The average molecular weight is 579 g/mol. The minimum atomic E-state index is -1.10. The zero-order valence-corrected chi connectivity index (χ0v) is 23.4. The molecule has 214 valence electrons. The van der Waals surface area contributed by atoms with E-state index in [2.05, 4.69) is 15.6 Å². The number of carbonyl (C=O) groups excluding carboxylic acids is 1. The fourth-order valence-electron chi connectivity index (χ4n) is 4.53. The van der Waals surface area contributed by atoms with Crippen molar-refractivity contribution in [3.63, 3.8) is 0 Å². The van der Waals surface area contributed by atoms with Crippen molar-refractivity contribution in [3.05, 3.63) is 125 Å². The van der Waals surface area contributed by atoms with Crippen LogP contribution in [0.15, 0.2) is 85.5 Å². The van der Waals surface area contributed by atoms with Gasteiger partial charge in [0.05, 0.1) is 12.4 Å². The molecular formula is C31H32F2N4O3S. The van der Waals surface area contributed by atoms with Crippen LogP contribution in [0.1, 0.15) is 45.1 Å². The first-order chi connectivity index (χ1) is 19.8. The van der Waals surface area contributed by atoms with E-state index in [4.69, 9.17) is 0 Å². The molecule has 1 heterocycles. The number of carboxylic acids is 1. The molecule has 3 aromatic carbocycles. The topological polar surface area (TPSA) is 96.3 Å². The summed E-state index contributed by atoms with van der Waals surface area (Å²) in [5.41, 5.74) is 3.36. The number of halogens is 2. The van der Waals surface area contributed by atoms with Crippen molar-refractivity contribution in [2.45, 2.75) is 31.5 Å². The Morgan fingerprint density at radius 2 is 1.68 bits per heavy atom. The van der Waals surface area contributed by atoms with Gasteiger partial charge in [0.1, 0.15) is 17.7 Å². The molecule has 0 bridgehead atoms. The number of benzene rings is 3. The SMILES string of the molecule is CSCC[C@H](NC(=O)c1cc(C(NCCn2ccnc2)c2ccc(F)cc2)ccc1Cc1ccc(F)cc1)C(=O)O.